The predicted molar refractivity (Wildman–Crippen MR) is 106 cm³/mol. The monoisotopic (exact) mass is 408 g/mol. The minimum atomic E-state index is -0.560. The van der Waals surface area contributed by atoms with Crippen molar-refractivity contribution in [2.75, 3.05) is 45.6 Å². The minimum Gasteiger partial charge on any atom is -0.493 e. The lowest BCUT2D eigenvalue weighted by Gasteiger charge is -2.15. The molecule has 150 valence electrons. The second-order valence-electron chi connectivity index (χ2n) is 5.50. The number of esters is 1. The highest BCUT2D eigenvalue weighted by atomic mass is 35.5. The Kier molecular flexibility index (Phi) is 7.34. The molecule has 0 atom stereocenters. The van der Waals surface area contributed by atoms with Crippen molar-refractivity contribution < 1.29 is 28.5 Å². The van der Waals surface area contributed by atoms with Crippen molar-refractivity contribution in [3.63, 3.8) is 0 Å². The standard InChI is InChI=1S/C19H21ClN2O6/c1-25-15-8-12(9-16(26-2)18(15)27-3)22-17(23)10-21-11-5-6-14(20)13(7-11)19(24)28-4/h5-9,21H,10H2,1-4H3,(H,22,23). The van der Waals surface area contributed by atoms with Crippen molar-refractivity contribution in [3.8, 4) is 17.2 Å². The molecule has 0 aromatic heterocycles. The van der Waals surface area contributed by atoms with E-state index in [4.69, 9.17) is 25.8 Å². The van der Waals surface area contributed by atoms with Gasteiger partial charge in [-0.1, -0.05) is 11.6 Å². The summed E-state index contributed by atoms with van der Waals surface area (Å²) in [5, 5.41) is 5.93. The van der Waals surface area contributed by atoms with Gasteiger partial charge in [0.2, 0.25) is 11.7 Å². The van der Waals surface area contributed by atoms with Crippen molar-refractivity contribution in [2.45, 2.75) is 0 Å². The van der Waals surface area contributed by atoms with Crippen LogP contribution in [0.3, 0.4) is 0 Å². The first-order chi connectivity index (χ1) is 13.4. The maximum absolute atomic E-state index is 12.3. The van der Waals surface area contributed by atoms with Crippen molar-refractivity contribution in [1.82, 2.24) is 0 Å². The average Bonchev–Trinajstić information content (AvgIpc) is 2.71. The normalized spacial score (nSPS) is 10.0. The number of carbonyl (C=O) groups excluding carboxylic acids is 2. The predicted octanol–water partition coefficient (Wildman–Crippen LogP) is 3.20. The first-order valence-corrected chi connectivity index (χ1v) is 8.52. The summed E-state index contributed by atoms with van der Waals surface area (Å²) in [5.41, 5.74) is 1.23. The number of anilines is 2. The van der Waals surface area contributed by atoms with Crippen LogP contribution in [0.25, 0.3) is 0 Å². The van der Waals surface area contributed by atoms with Crippen LogP contribution in [0.15, 0.2) is 30.3 Å². The Bertz CT molecular complexity index is 846. The minimum absolute atomic E-state index is 0.0428. The lowest BCUT2D eigenvalue weighted by molar-refractivity contribution is -0.114. The molecular weight excluding hydrogens is 388 g/mol. The summed E-state index contributed by atoms with van der Waals surface area (Å²) >= 11 is 5.98. The van der Waals surface area contributed by atoms with E-state index in [9.17, 15) is 9.59 Å². The smallest absolute Gasteiger partial charge is 0.339 e. The molecule has 2 rings (SSSR count). The molecule has 0 saturated carbocycles. The third-order valence-corrected chi connectivity index (χ3v) is 4.10. The number of carbonyl (C=O) groups is 2. The molecule has 0 unspecified atom stereocenters. The molecule has 2 aromatic rings. The summed E-state index contributed by atoms with van der Waals surface area (Å²) in [5.74, 6) is 0.396. The van der Waals surface area contributed by atoms with Crippen LogP contribution >= 0.6 is 11.6 Å². The second kappa shape index (κ2) is 9.70. The van der Waals surface area contributed by atoms with Gasteiger partial charge in [0, 0.05) is 23.5 Å². The number of amides is 1. The molecule has 8 nitrogen and oxygen atoms in total. The van der Waals surface area contributed by atoms with Gasteiger partial charge >= 0.3 is 5.97 Å². The molecule has 9 heteroatoms. The number of hydrogen-bond donors (Lipinski definition) is 2. The first kappa shape index (κ1) is 21.2. The molecule has 0 heterocycles. The van der Waals surface area contributed by atoms with Crippen molar-refractivity contribution in [2.24, 2.45) is 0 Å². The summed E-state index contributed by atoms with van der Waals surface area (Å²) < 4.78 is 20.4. The summed E-state index contributed by atoms with van der Waals surface area (Å²) in [6.45, 7) is -0.0428. The largest absolute Gasteiger partial charge is 0.493 e. The van der Waals surface area contributed by atoms with E-state index in [-0.39, 0.29) is 23.0 Å². The lowest BCUT2D eigenvalue weighted by atomic mass is 10.2. The molecule has 0 radical (unpaired) electrons. The number of benzene rings is 2. The third-order valence-electron chi connectivity index (χ3n) is 3.77. The molecule has 2 N–H and O–H groups in total. The van der Waals surface area contributed by atoms with Crippen LogP contribution in [0, 0.1) is 0 Å². The van der Waals surface area contributed by atoms with Crippen LogP contribution in [0.4, 0.5) is 11.4 Å². The quantitative estimate of drug-likeness (QED) is 0.647. The maximum Gasteiger partial charge on any atom is 0.339 e. The van der Waals surface area contributed by atoms with Crippen molar-refractivity contribution in [1.29, 1.82) is 0 Å². The Morgan fingerprint density at radius 1 is 0.929 bits per heavy atom. The van der Waals surface area contributed by atoms with Gasteiger partial charge in [-0.2, -0.15) is 0 Å². The zero-order valence-electron chi connectivity index (χ0n) is 15.9. The number of hydrogen-bond acceptors (Lipinski definition) is 7. The Morgan fingerprint density at radius 3 is 2.11 bits per heavy atom. The summed E-state index contributed by atoms with van der Waals surface area (Å²) in [7, 11) is 5.74. The van der Waals surface area contributed by atoms with Gasteiger partial charge in [-0.3, -0.25) is 4.79 Å². The van der Waals surface area contributed by atoms with Crippen molar-refractivity contribution >= 4 is 34.9 Å². The van der Waals surface area contributed by atoms with E-state index in [2.05, 4.69) is 15.4 Å². The molecule has 0 spiro atoms. The lowest BCUT2D eigenvalue weighted by Crippen LogP contribution is -2.22. The van der Waals surface area contributed by atoms with Crippen molar-refractivity contribution in [3.05, 3.63) is 40.9 Å². The van der Waals surface area contributed by atoms with Crippen LogP contribution < -0.4 is 24.8 Å². The fraction of sp³-hybridized carbons (Fsp3) is 0.263. The van der Waals surface area contributed by atoms with E-state index in [1.807, 2.05) is 0 Å². The highest BCUT2D eigenvalue weighted by molar-refractivity contribution is 6.33. The zero-order chi connectivity index (χ0) is 20.7. The second-order valence-corrected chi connectivity index (χ2v) is 5.91. The van der Waals surface area contributed by atoms with Gasteiger partial charge in [0.05, 0.1) is 45.6 Å². The Labute approximate surface area is 167 Å². The van der Waals surface area contributed by atoms with Crippen LogP contribution in [0.1, 0.15) is 10.4 Å². The number of rotatable bonds is 8. The van der Waals surface area contributed by atoms with Gasteiger partial charge in [0.1, 0.15) is 0 Å². The summed E-state index contributed by atoms with van der Waals surface area (Å²) in [4.78, 5) is 24.0. The number of nitrogens with one attached hydrogen (secondary N) is 2. The average molecular weight is 409 g/mol. The summed E-state index contributed by atoms with van der Waals surface area (Å²) in [6, 6.07) is 7.96. The molecule has 0 saturated heterocycles. The zero-order valence-corrected chi connectivity index (χ0v) is 16.7. The molecule has 0 fully saturated rings. The van der Waals surface area contributed by atoms with E-state index in [1.54, 1.807) is 24.3 Å². The van der Waals surface area contributed by atoms with Gasteiger partial charge < -0.3 is 29.6 Å². The first-order valence-electron chi connectivity index (χ1n) is 8.15. The molecule has 0 aliphatic heterocycles. The topological polar surface area (TPSA) is 95.1 Å². The Morgan fingerprint density at radius 2 is 1.57 bits per heavy atom. The number of ether oxygens (including phenoxy) is 4. The van der Waals surface area contributed by atoms with E-state index in [1.165, 1.54) is 34.5 Å². The van der Waals surface area contributed by atoms with Gasteiger partial charge in [0.15, 0.2) is 11.5 Å². The van der Waals surface area contributed by atoms with Crippen LogP contribution in [-0.2, 0) is 9.53 Å². The van der Waals surface area contributed by atoms with Gasteiger partial charge in [-0.05, 0) is 18.2 Å². The highest BCUT2D eigenvalue weighted by Crippen LogP contribution is 2.39. The fourth-order valence-corrected chi connectivity index (χ4v) is 2.64. The summed E-state index contributed by atoms with van der Waals surface area (Å²) in [6.07, 6.45) is 0. The molecule has 0 aliphatic carbocycles. The van der Waals surface area contributed by atoms with E-state index in [0.29, 0.717) is 28.6 Å². The van der Waals surface area contributed by atoms with Crippen LogP contribution in [0.5, 0.6) is 17.2 Å². The molecule has 1 amide bonds. The van der Waals surface area contributed by atoms with Gasteiger partial charge in [-0.25, -0.2) is 4.79 Å². The third kappa shape index (κ3) is 4.98. The Hall–Kier alpha value is -3.13. The van der Waals surface area contributed by atoms with Gasteiger partial charge in [-0.15, -0.1) is 0 Å². The van der Waals surface area contributed by atoms with E-state index < -0.39 is 5.97 Å². The van der Waals surface area contributed by atoms with Gasteiger partial charge in [0.25, 0.3) is 0 Å². The number of halogens is 1. The fourth-order valence-electron chi connectivity index (χ4n) is 2.44. The highest BCUT2D eigenvalue weighted by Gasteiger charge is 2.15. The SMILES string of the molecule is COC(=O)c1cc(NCC(=O)Nc2cc(OC)c(OC)c(OC)c2)ccc1Cl. The number of methoxy groups -OCH3 is 4. The molecule has 0 bridgehead atoms. The molecular formula is C19H21ClN2O6. The van der Waals surface area contributed by atoms with E-state index in [0.717, 1.165) is 0 Å². The van der Waals surface area contributed by atoms with Crippen LogP contribution in [-0.4, -0.2) is 46.9 Å². The maximum atomic E-state index is 12.3. The molecule has 2 aromatic carbocycles. The Balaban J connectivity index is 2.08. The molecule has 28 heavy (non-hydrogen) atoms. The van der Waals surface area contributed by atoms with Crippen LogP contribution in [0.2, 0.25) is 5.02 Å². The van der Waals surface area contributed by atoms with E-state index >= 15 is 0 Å². The molecule has 0 aliphatic rings.